The van der Waals surface area contributed by atoms with Crippen LogP contribution in [-0.2, 0) is 6.54 Å². The van der Waals surface area contributed by atoms with Gasteiger partial charge >= 0.3 is 17.1 Å². The van der Waals surface area contributed by atoms with E-state index in [0.29, 0.717) is 10.7 Å². The van der Waals surface area contributed by atoms with Crippen LogP contribution in [0.4, 0.5) is 0 Å². The van der Waals surface area contributed by atoms with Gasteiger partial charge in [-0.05, 0) is 48.5 Å². The van der Waals surface area contributed by atoms with Gasteiger partial charge in [0, 0.05) is 14.8 Å². The van der Waals surface area contributed by atoms with Crippen molar-refractivity contribution in [3.8, 4) is 5.69 Å². The van der Waals surface area contributed by atoms with Crippen LogP contribution < -0.4 is 17.1 Å². The average molecular weight is 388 g/mol. The van der Waals surface area contributed by atoms with Crippen molar-refractivity contribution in [2.45, 2.75) is 16.3 Å². The molecule has 1 aromatic heterocycles. The molecule has 0 aliphatic carbocycles. The minimum Gasteiger partial charge on any atom is -0.258 e. The number of aromatic amines is 1. The van der Waals surface area contributed by atoms with Gasteiger partial charge in [0.05, 0.1) is 12.2 Å². The number of nitrogens with one attached hydrogen (secondary N) is 1. The highest BCUT2D eigenvalue weighted by molar-refractivity contribution is 7.99. The van der Waals surface area contributed by atoms with Crippen molar-refractivity contribution in [1.82, 2.24) is 14.1 Å². The second-order valence-electron chi connectivity index (χ2n) is 5.30. The summed E-state index contributed by atoms with van der Waals surface area (Å²) < 4.78 is 1.83. The first-order chi connectivity index (χ1) is 12.5. The summed E-state index contributed by atoms with van der Waals surface area (Å²) in [5, 5.41) is 0.665. The van der Waals surface area contributed by atoms with Crippen LogP contribution in [0, 0.1) is 0 Å². The Morgan fingerprint density at radius 2 is 1.54 bits per heavy atom. The van der Waals surface area contributed by atoms with E-state index >= 15 is 0 Å². The zero-order valence-electron chi connectivity index (χ0n) is 13.5. The Bertz CT molecular complexity index is 1110. The molecule has 0 aliphatic rings. The third-order valence-corrected chi connectivity index (χ3v) is 4.81. The predicted octanol–water partition coefficient (Wildman–Crippen LogP) is 2.68. The first-order valence-corrected chi connectivity index (χ1v) is 8.80. The van der Waals surface area contributed by atoms with E-state index in [0.717, 1.165) is 18.9 Å². The summed E-state index contributed by atoms with van der Waals surface area (Å²) in [5.74, 6) is 0. The Balaban J connectivity index is 1.96. The molecule has 1 heterocycles. The zero-order valence-corrected chi connectivity index (χ0v) is 15.1. The van der Waals surface area contributed by atoms with Gasteiger partial charge in [-0.15, -0.1) is 6.58 Å². The molecule has 0 amide bonds. The molecular weight excluding hydrogens is 374 g/mol. The minimum atomic E-state index is -0.779. The van der Waals surface area contributed by atoms with Crippen LogP contribution in [-0.4, -0.2) is 14.1 Å². The molecule has 0 bridgehead atoms. The number of benzene rings is 2. The van der Waals surface area contributed by atoms with Gasteiger partial charge in [-0.3, -0.25) is 4.98 Å². The lowest BCUT2D eigenvalue weighted by atomic mass is 10.3. The topological polar surface area (TPSA) is 76.9 Å². The van der Waals surface area contributed by atoms with E-state index in [-0.39, 0.29) is 6.54 Å². The number of allylic oxidation sites excluding steroid dienone is 1. The quantitative estimate of drug-likeness (QED) is 0.683. The Kier molecular flexibility index (Phi) is 5.29. The lowest BCUT2D eigenvalue weighted by Gasteiger charge is -2.08. The van der Waals surface area contributed by atoms with E-state index in [9.17, 15) is 14.4 Å². The molecule has 1 N–H and O–H groups in total. The standard InChI is InChI=1S/C18H14ClN3O3S/c1-2-11-21-16(23)20-17(24)22(18(21)25)13-5-9-15(10-6-13)26-14-7-3-12(19)4-8-14/h2-10H,1,11H2,(H,20,23,24). The van der Waals surface area contributed by atoms with Crippen LogP contribution in [0.3, 0.4) is 0 Å². The molecule has 8 heteroatoms. The number of aromatic nitrogens is 3. The zero-order chi connectivity index (χ0) is 18.7. The minimum absolute atomic E-state index is 0.0128. The SMILES string of the molecule is C=CCn1c(=O)[nH]c(=O)n(-c2ccc(Sc3ccc(Cl)cc3)cc2)c1=O. The summed E-state index contributed by atoms with van der Waals surface area (Å²) in [6.07, 6.45) is 1.41. The fourth-order valence-corrected chi connectivity index (χ4v) is 3.27. The van der Waals surface area contributed by atoms with Crippen LogP contribution in [0.15, 0.2) is 85.4 Å². The maximum atomic E-state index is 12.4. The van der Waals surface area contributed by atoms with Gasteiger partial charge in [-0.2, -0.15) is 0 Å². The smallest absolute Gasteiger partial charge is 0.258 e. The van der Waals surface area contributed by atoms with Crippen LogP contribution in [0.1, 0.15) is 0 Å². The summed E-state index contributed by atoms with van der Waals surface area (Å²) in [7, 11) is 0. The van der Waals surface area contributed by atoms with Crippen LogP contribution >= 0.6 is 23.4 Å². The summed E-state index contributed by atoms with van der Waals surface area (Å²) in [5.41, 5.74) is -1.88. The van der Waals surface area contributed by atoms with Crippen molar-refractivity contribution in [2.24, 2.45) is 0 Å². The van der Waals surface area contributed by atoms with Crippen LogP contribution in [0.25, 0.3) is 5.69 Å². The molecule has 26 heavy (non-hydrogen) atoms. The molecule has 6 nitrogen and oxygen atoms in total. The van der Waals surface area contributed by atoms with Gasteiger partial charge in [0.25, 0.3) is 0 Å². The average Bonchev–Trinajstić information content (AvgIpc) is 2.62. The molecule has 2 aromatic carbocycles. The highest BCUT2D eigenvalue weighted by Crippen LogP contribution is 2.28. The maximum Gasteiger partial charge on any atom is 0.341 e. The van der Waals surface area contributed by atoms with Crippen molar-refractivity contribution in [3.05, 3.63) is 97.7 Å². The molecule has 3 rings (SSSR count). The second kappa shape index (κ2) is 7.63. The first-order valence-electron chi connectivity index (χ1n) is 7.60. The van der Waals surface area contributed by atoms with Gasteiger partial charge in [0.2, 0.25) is 0 Å². The molecule has 0 saturated heterocycles. The van der Waals surface area contributed by atoms with Crippen molar-refractivity contribution in [1.29, 1.82) is 0 Å². The van der Waals surface area contributed by atoms with E-state index in [4.69, 9.17) is 11.6 Å². The fraction of sp³-hybridized carbons (Fsp3) is 0.0556. The van der Waals surface area contributed by atoms with Crippen LogP contribution in [0.2, 0.25) is 5.02 Å². The van der Waals surface area contributed by atoms with Gasteiger partial charge in [-0.1, -0.05) is 29.4 Å². The van der Waals surface area contributed by atoms with Gasteiger partial charge in [-0.25, -0.2) is 23.5 Å². The Morgan fingerprint density at radius 1 is 0.962 bits per heavy atom. The molecule has 0 fully saturated rings. The normalized spacial score (nSPS) is 10.7. The molecular formula is C18H14ClN3O3S. The van der Waals surface area contributed by atoms with Gasteiger partial charge in [0.1, 0.15) is 0 Å². The monoisotopic (exact) mass is 387 g/mol. The molecule has 0 spiro atoms. The Labute approximate surface area is 157 Å². The van der Waals surface area contributed by atoms with E-state index in [1.165, 1.54) is 17.8 Å². The molecule has 0 atom stereocenters. The number of rotatable bonds is 5. The van der Waals surface area contributed by atoms with Crippen molar-refractivity contribution in [2.75, 3.05) is 0 Å². The molecule has 0 aliphatic heterocycles. The number of hydrogen-bond acceptors (Lipinski definition) is 4. The first kappa shape index (κ1) is 18.0. The molecule has 0 saturated carbocycles. The molecule has 132 valence electrons. The third-order valence-electron chi connectivity index (χ3n) is 3.54. The summed E-state index contributed by atoms with van der Waals surface area (Å²) >= 11 is 7.40. The number of halogens is 1. The van der Waals surface area contributed by atoms with Gasteiger partial charge in [0.15, 0.2) is 0 Å². The maximum absolute atomic E-state index is 12.4. The fourth-order valence-electron chi connectivity index (χ4n) is 2.33. The molecule has 0 unspecified atom stereocenters. The van der Waals surface area contributed by atoms with E-state index in [1.54, 1.807) is 36.4 Å². The molecule has 3 aromatic rings. The van der Waals surface area contributed by atoms with E-state index in [2.05, 4.69) is 11.6 Å². The van der Waals surface area contributed by atoms with Gasteiger partial charge < -0.3 is 0 Å². The summed E-state index contributed by atoms with van der Waals surface area (Å²) in [6.45, 7) is 3.52. The third kappa shape index (κ3) is 3.74. The molecule has 0 radical (unpaired) electrons. The Morgan fingerprint density at radius 3 is 2.12 bits per heavy atom. The van der Waals surface area contributed by atoms with E-state index < -0.39 is 17.1 Å². The number of nitrogens with zero attached hydrogens (tertiary/aromatic N) is 2. The Hall–Kier alpha value is -2.77. The summed E-state index contributed by atoms with van der Waals surface area (Å²) in [6, 6.07) is 14.3. The van der Waals surface area contributed by atoms with Crippen molar-refractivity contribution in [3.63, 3.8) is 0 Å². The van der Waals surface area contributed by atoms with E-state index in [1.807, 2.05) is 12.1 Å². The predicted molar refractivity (Wildman–Crippen MR) is 103 cm³/mol. The highest BCUT2D eigenvalue weighted by Gasteiger charge is 2.10. The number of hydrogen-bond donors (Lipinski definition) is 1. The van der Waals surface area contributed by atoms with Crippen molar-refractivity contribution < 1.29 is 0 Å². The number of H-pyrrole nitrogens is 1. The highest BCUT2D eigenvalue weighted by atomic mass is 35.5. The lowest BCUT2D eigenvalue weighted by Crippen LogP contribution is -2.48. The summed E-state index contributed by atoms with van der Waals surface area (Å²) in [4.78, 5) is 40.4. The largest absolute Gasteiger partial charge is 0.341 e. The lowest BCUT2D eigenvalue weighted by molar-refractivity contribution is 0.625. The second-order valence-corrected chi connectivity index (χ2v) is 6.89. The van der Waals surface area contributed by atoms with Crippen molar-refractivity contribution >= 4 is 23.4 Å². The van der Waals surface area contributed by atoms with Crippen LogP contribution in [0.5, 0.6) is 0 Å².